The number of aryl methyl sites for hydroxylation is 2. The summed E-state index contributed by atoms with van der Waals surface area (Å²) in [6, 6.07) is 8.42. The average Bonchev–Trinajstić information content (AvgIpc) is 3.18. The molecule has 2 aromatic rings. The van der Waals surface area contributed by atoms with Gasteiger partial charge < -0.3 is 4.90 Å². The van der Waals surface area contributed by atoms with Crippen molar-refractivity contribution in [2.75, 3.05) is 6.54 Å². The first-order valence-electron chi connectivity index (χ1n) is 7.69. The predicted molar refractivity (Wildman–Crippen MR) is 89.5 cm³/mol. The van der Waals surface area contributed by atoms with E-state index < -0.39 is 0 Å². The first-order chi connectivity index (χ1) is 10.6. The summed E-state index contributed by atoms with van der Waals surface area (Å²) in [4.78, 5) is 14.6. The molecule has 1 aliphatic rings. The van der Waals surface area contributed by atoms with Gasteiger partial charge in [-0.3, -0.25) is 9.89 Å². The summed E-state index contributed by atoms with van der Waals surface area (Å²) < 4.78 is 1.11. The van der Waals surface area contributed by atoms with Crippen LogP contribution in [0.4, 0.5) is 0 Å². The Morgan fingerprint density at radius 1 is 1.45 bits per heavy atom. The van der Waals surface area contributed by atoms with Crippen LogP contribution in [-0.2, 0) is 11.2 Å². The molecule has 1 atom stereocenters. The fourth-order valence-electron chi connectivity index (χ4n) is 3.10. The molecule has 0 aliphatic carbocycles. The van der Waals surface area contributed by atoms with E-state index in [2.05, 4.69) is 51.3 Å². The van der Waals surface area contributed by atoms with Crippen molar-refractivity contribution in [3.05, 3.63) is 51.8 Å². The number of hydrogen-bond acceptors (Lipinski definition) is 2. The van der Waals surface area contributed by atoms with Gasteiger partial charge in [0.2, 0.25) is 5.91 Å². The van der Waals surface area contributed by atoms with E-state index in [9.17, 15) is 4.79 Å². The Balaban J connectivity index is 1.62. The Morgan fingerprint density at radius 3 is 3.05 bits per heavy atom. The number of aromatic amines is 1. The first kappa shape index (κ1) is 15.3. The maximum Gasteiger partial charge on any atom is 0.223 e. The molecular formula is C17H20BrN3O. The molecule has 4 nitrogen and oxygen atoms in total. The smallest absolute Gasteiger partial charge is 0.223 e. The molecule has 0 unspecified atom stereocenters. The Hall–Kier alpha value is -1.62. The highest BCUT2D eigenvalue weighted by molar-refractivity contribution is 9.10. The van der Waals surface area contributed by atoms with Gasteiger partial charge in [-0.15, -0.1) is 0 Å². The highest BCUT2D eigenvalue weighted by atomic mass is 79.9. The fourth-order valence-corrected chi connectivity index (χ4v) is 3.34. The Kier molecular flexibility index (Phi) is 4.62. The number of hydrogen-bond donors (Lipinski definition) is 1. The summed E-state index contributed by atoms with van der Waals surface area (Å²) in [5.74, 6) is 0.234. The van der Waals surface area contributed by atoms with Crippen LogP contribution in [0.3, 0.4) is 0 Å². The van der Waals surface area contributed by atoms with Crippen molar-refractivity contribution in [2.45, 2.75) is 38.6 Å². The van der Waals surface area contributed by atoms with E-state index in [0.29, 0.717) is 6.42 Å². The summed E-state index contributed by atoms with van der Waals surface area (Å²) in [5, 5.41) is 7.01. The molecule has 1 fully saturated rings. The summed E-state index contributed by atoms with van der Waals surface area (Å²) in [7, 11) is 0. The Labute approximate surface area is 139 Å². The number of likely N-dealkylation sites (tertiary alicyclic amines) is 1. The highest BCUT2D eigenvalue weighted by Gasteiger charge is 2.30. The third-order valence-electron chi connectivity index (χ3n) is 4.30. The highest BCUT2D eigenvalue weighted by Crippen LogP contribution is 2.31. The number of aromatic nitrogens is 2. The Bertz CT molecular complexity index is 654. The minimum Gasteiger partial charge on any atom is -0.334 e. The number of rotatable bonds is 4. The van der Waals surface area contributed by atoms with Crippen LogP contribution in [0.5, 0.6) is 0 Å². The molecule has 1 aromatic heterocycles. The second kappa shape index (κ2) is 6.65. The minimum absolute atomic E-state index is 0.168. The van der Waals surface area contributed by atoms with E-state index in [1.165, 1.54) is 11.1 Å². The molecule has 116 valence electrons. The third kappa shape index (κ3) is 3.24. The second-order valence-corrected chi connectivity index (χ2v) is 6.70. The van der Waals surface area contributed by atoms with Gasteiger partial charge >= 0.3 is 0 Å². The van der Waals surface area contributed by atoms with E-state index in [1.807, 2.05) is 11.0 Å². The minimum atomic E-state index is 0.168. The molecule has 0 saturated carbocycles. The Morgan fingerprint density at radius 2 is 2.32 bits per heavy atom. The van der Waals surface area contributed by atoms with Crippen LogP contribution >= 0.6 is 15.9 Å². The molecule has 3 rings (SSSR count). The number of nitrogens with zero attached hydrogens (tertiary/aromatic N) is 2. The lowest BCUT2D eigenvalue weighted by Crippen LogP contribution is -2.30. The topological polar surface area (TPSA) is 49.0 Å². The van der Waals surface area contributed by atoms with Gasteiger partial charge in [0.1, 0.15) is 0 Å². The first-order valence-corrected chi connectivity index (χ1v) is 8.48. The zero-order valence-corrected chi connectivity index (χ0v) is 14.3. The molecule has 5 heteroatoms. The molecule has 1 aromatic carbocycles. The number of amides is 1. The number of halogens is 1. The SMILES string of the molecule is Cc1cc(CCC(=O)N2CCC[C@@H]2c2ccn[nH]2)ccc1Br. The van der Waals surface area contributed by atoms with Gasteiger partial charge in [-0.2, -0.15) is 5.10 Å². The van der Waals surface area contributed by atoms with Gasteiger partial charge in [-0.05, 0) is 49.4 Å². The van der Waals surface area contributed by atoms with Crippen molar-refractivity contribution < 1.29 is 4.79 Å². The number of carbonyl (C=O) groups is 1. The largest absolute Gasteiger partial charge is 0.334 e. The van der Waals surface area contributed by atoms with Crippen molar-refractivity contribution >= 4 is 21.8 Å². The van der Waals surface area contributed by atoms with Crippen LogP contribution in [0.1, 0.15) is 42.1 Å². The van der Waals surface area contributed by atoms with Crippen molar-refractivity contribution in [1.29, 1.82) is 0 Å². The second-order valence-electron chi connectivity index (χ2n) is 5.84. The lowest BCUT2D eigenvalue weighted by Gasteiger charge is -2.23. The van der Waals surface area contributed by atoms with Crippen LogP contribution in [0.25, 0.3) is 0 Å². The predicted octanol–water partition coefficient (Wildman–Crippen LogP) is 3.78. The molecular weight excluding hydrogens is 342 g/mol. The molecule has 0 radical (unpaired) electrons. The van der Waals surface area contributed by atoms with E-state index in [-0.39, 0.29) is 11.9 Å². The van der Waals surface area contributed by atoms with Gasteiger partial charge in [0.25, 0.3) is 0 Å². The van der Waals surface area contributed by atoms with Crippen molar-refractivity contribution in [2.24, 2.45) is 0 Å². The van der Waals surface area contributed by atoms with Crippen LogP contribution in [0, 0.1) is 6.92 Å². The zero-order valence-electron chi connectivity index (χ0n) is 12.7. The zero-order chi connectivity index (χ0) is 15.5. The lowest BCUT2D eigenvalue weighted by atomic mass is 10.1. The molecule has 0 spiro atoms. The van der Waals surface area contributed by atoms with E-state index in [1.54, 1.807) is 6.20 Å². The summed E-state index contributed by atoms with van der Waals surface area (Å²) in [6.45, 7) is 2.92. The summed E-state index contributed by atoms with van der Waals surface area (Å²) in [5.41, 5.74) is 3.47. The molecule has 1 saturated heterocycles. The van der Waals surface area contributed by atoms with E-state index >= 15 is 0 Å². The van der Waals surface area contributed by atoms with Crippen LogP contribution in [-0.4, -0.2) is 27.5 Å². The molecule has 1 aliphatic heterocycles. The van der Waals surface area contributed by atoms with Gasteiger partial charge in [0.15, 0.2) is 0 Å². The fraction of sp³-hybridized carbons (Fsp3) is 0.412. The van der Waals surface area contributed by atoms with Crippen molar-refractivity contribution in [1.82, 2.24) is 15.1 Å². The van der Waals surface area contributed by atoms with E-state index in [4.69, 9.17) is 0 Å². The standard InChI is InChI=1S/C17H20BrN3O/c1-12-11-13(4-6-14(12)18)5-7-17(22)21-10-2-3-16(21)15-8-9-19-20-15/h4,6,8-9,11,16H,2-3,5,7,10H2,1H3,(H,19,20)/t16-/m1/s1. The van der Waals surface area contributed by atoms with Gasteiger partial charge in [0, 0.05) is 23.6 Å². The normalized spacial score (nSPS) is 17.9. The van der Waals surface area contributed by atoms with Gasteiger partial charge in [-0.1, -0.05) is 28.1 Å². The molecule has 2 heterocycles. The van der Waals surface area contributed by atoms with Gasteiger partial charge in [-0.25, -0.2) is 0 Å². The third-order valence-corrected chi connectivity index (χ3v) is 5.19. The molecule has 22 heavy (non-hydrogen) atoms. The number of nitrogens with one attached hydrogen (secondary N) is 1. The van der Waals surface area contributed by atoms with Crippen molar-refractivity contribution in [3.63, 3.8) is 0 Å². The van der Waals surface area contributed by atoms with E-state index in [0.717, 1.165) is 36.0 Å². The number of benzene rings is 1. The van der Waals surface area contributed by atoms with Crippen LogP contribution in [0.15, 0.2) is 34.9 Å². The summed E-state index contributed by atoms with van der Waals surface area (Å²) >= 11 is 3.51. The van der Waals surface area contributed by atoms with Crippen LogP contribution in [0.2, 0.25) is 0 Å². The number of carbonyl (C=O) groups excluding carboxylic acids is 1. The van der Waals surface area contributed by atoms with Crippen molar-refractivity contribution in [3.8, 4) is 0 Å². The van der Waals surface area contributed by atoms with Gasteiger partial charge in [0.05, 0.1) is 11.7 Å². The van der Waals surface area contributed by atoms with Crippen LogP contribution < -0.4 is 0 Å². The molecule has 1 amide bonds. The number of H-pyrrole nitrogens is 1. The maximum atomic E-state index is 12.6. The monoisotopic (exact) mass is 361 g/mol. The molecule has 1 N–H and O–H groups in total. The molecule has 0 bridgehead atoms. The quantitative estimate of drug-likeness (QED) is 0.900. The average molecular weight is 362 g/mol. The summed E-state index contributed by atoms with van der Waals surface area (Å²) in [6.07, 6.45) is 5.18. The maximum absolute atomic E-state index is 12.6. The lowest BCUT2D eigenvalue weighted by molar-refractivity contribution is -0.132.